The molecule has 1 heterocycles. The third kappa shape index (κ3) is 6.34. The molecule has 8 heteroatoms. The molecule has 0 aliphatic heterocycles. The van der Waals surface area contributed by atoms with E-state index in [0.29, 0.717) is 43.8 Å². The molecule has 0 spiro atoms. The van der Waals surface area contributed by atoms with Crippen molar-refractivity contribution in [2.75, 3.05) is 20.2 Å². The lowest BCUT2D eigenvalue weighted by Gasteiger charge is -2.13. The van der Waals surface area contributed by atoms with Crippen molar-refractivity contribution in [2.24, 2.45) is 4.99 Å². The monoisotopic (exact) mass is 445 g/mol. The van der Waals surface area contributed by atoms with E-state index in [-0.39, 0.29) is 24.0 Å². The van der Waals surface area contributed by atoms with Crippen molar-refractivity contribution >= 4 is 29.9 Å². The van der Waals surface area contributed by atoms with Crippen LogP contribution in [0.2, 0.25) is 0 Å². The van der Waals surface area contributed by atoms with Crippen LogP contribution in [0.25, 0.3) is 0 Å². The fourth-order valence-corrected chi connectivity index (χ4v) is 2.08. The highest BCUT2D eigenvalue weighted by Gasteiger charge is 2.05. The molecule has 1 aromatic heterocycles. The fourth-order valence-electron chi connectivity index (χ4n) is 2.08. The van der Waals surface area contributed by atoms with Crippen molar-refractivity contribution < 1.29 is 9.26 Å². The summed E-state index contributed by atoms with van der Waals surface area (Å²) in [5.41, 5.74) is 1.09. The van der Waals surface area contributed by atoms with Gasteiger partial charge in [-0.2, -0.15) is 4.98 Å². The van der Waals surface area contributed by atoms with E-state index in [9.17, 15) is 0 Å². The Labute approximate surface area is 159 Å². The summed E-state index contributed by atoms with van der Waals surface area (Å²) in [5, 5.41) is 10.3. The van der Waals surface area contributed by atoms with Crippen LogP contribution in [0.3, 0.4) is 0 Å². The Morgan fingerprint density at radius 3 is 2.75 bits per heavy atom. The average molecular weight is 445 g/mol. The lowest BCUT2D eigenvalue weighted by atomic mass is 10.2. The van der Waals surface area contributed by atoms with Crippen LogP contribution in [-0.4, -0.2) is 36.3 Å². The van der Waals surface area contributed by atoms with Crippen LogP contribution in [0.1, 0.15) is 24.2 Å². The molecule has 0 aliphatic rings. The van der Waals surface area contributed by atoms with Crippen molar-refractivity contribution in [2.45, 2.75) is 26.8 Å². The number of rotatable bonds is 7. The number of hydrogen-bond acceptors (Lipinski definition) is 5. The topological polar surface area (TPSA) is 84.6 Å². The molecule has 0 unspecified atom stereocenters. The summed E-state index contributed by atoms with van der Waals surface area (Å²) in [4.78, 5) is 8.37. The van der Waals surface area contributed by atoms with Crippen LogP contribution in [0.15, 0.2) is 33.8 Å². The van der Waals surface area contributed by atoms with E-state index in [1.807, 2.05) is 31.2 Å². The molecule has 24 heavy (non-hydrogen) atoms. The number of hydrogen-bond donors (Lipinski definition) is 2. The number of aryl methyl sites for hydroxylation is 1. The maximum Gasteiger partial charge on any atom is 0.228 e. The van der Waals surface area contributed by atoms with Crippen molar-refractivity contribution in [3.63, 3.8) is 0 Å². The summed E-state index contributed by atoms with van der Waals surface area (Å²) in [7, 11) is 1.74. The van der Waals surface area contributed by atoms with E-state index in [2.05, 4.69) is 25.8 Å². The first kappa shape index (κ1) is 20.2. The Hall–Kier alpha value is -1.84. The van der Waals surface area contributed by atoms with Crippen LogP contribution in [0, 0.1) is 6.92 Å². The van der Waals surface area contributed by atoms with E-state index in [1.165, 1.54) is 0 Å². The largest absolute Gasteiger partial charge is 0.494 e. The highest BCUT2D eigenvalue weighted by Crippen LogP contribution is 2.17. The van der Waals surface area contributed by atoms with Crippen molar-refractivity contribution in [1.82, 2.24) is 20.8 Å². The molecule has 0 aliphatic carbocycles. The van der Waals surface area contributed by atoms with Gasteiger partial charge in [-0.05, 0) is 19.9 Å². The predicted molar refractivity (Wildman–Crippen MR) is 104 cm³/mol. The Morgan fingerprint density at radius 1 is 1.29 bits per heavy atom. The number of halogens is 1. The first-order valence-corrected chi connectivity index (χ1v) is 7.67. The number of nitrogens with one attached hydrogen (secondary N) is 2. The second-order valence-electron chi connectivity index (χ2n) is 4.88. The maximum absolute atomic E-state index is 5.62. The summed E-state index contributed by atoms with van der Waals surface area (Å²) in [6.45, 7) is 5.72. The van der Waals surface area contributed by atoms with Gasteiger partial charge in [0, 0.05) is 32.1 Å². The molecule has 0 bridgehead atoms. The number of nitrogens with zero attached hydrogens (tertiary/aromatic N) is 3. The number of aliphatic imine (C=N–C) groups is 1. The summed E-state index contributed by atoms with van der Waals surface area (Å²) in [6, 6.07) is 7.96. The van der Waals surface area contributed by atoms with Gasteiger partial charge in [0.1, 0.15) is 5.75 Å². The average Bonchev–Trinajstić information content (AvgIpc) is 2.97. The van der Waals surface area contributed by atoms with Gasteiger partial charge in [-0.3, -0.25) is 4.99 Å². The minimum Gasteiger partial charge on any atom is -0.494 e. The van der Waals surface area contributed by atoms with Gasteiger partial charge in [0.25, 0.3) is 0 Å². The quantitative estimate of drug-likeness (QED) is 0.387. The molecule has 0 saturated heterocycles. The minimum absolute atomic E-state index is 0. The first-order valence-electron chi connectivity index (χ1n) is 7.67. The molecule has 7 nitrogen and oxygen atoms in total. The molecule has 132 valence electrons. The summed E-state index contributed by atoms with van der Waals surface area (Å²) >= 11 is 0. The van der Waals surface area contributed by atoms with Gasteiger partial charge in [-0.25, -0.2) is 0 Å². The second kappa shape index (κ2) is 10.8. The van der Waals surface area contributed by atoms with Crippen LogP contribution in [0.4, 0.5) is 0 Å². The molecule has 0 radical (unpaired) electrons. The Balaban J connectivity index is 0.00000288. The zero-order valence-electron chi connectivity index (χ0n) is 14.2. The van der Waals surface area contributed by atoms with Crippen LogP contribution >= 0.6 is 24.0 Å². The van der Waals surface area contributed by atoms with Gasteiger partial charge in [-0.15, -0.1) is 24.0 Å². The van der Waals surface area contributed by atoms with Gasteiger partial charge < -0.3 is 19.9 Å². The summed E-state index contributed by atoms with van der Waals surface area (Å²) < 4.78 is 10.7. The molecule has 2 N–H and O–H groups in total. The number of para-hydroxylation sites is 1. The number of guanidine groups is 1. The number of ether oxygens (including phenoxy) is 1. The van der Waals surface area contributed by atoms with Crippen molar-refractivity contribution in [3.8, 4) is 5.75 Å². The minimum atomic E-state index is 0. The lowest BCUT2D eigenvalue weighted by molar-refractivity contribution is 0.336. The highest BCUT2D eigenvalue weighted by molar-refractivity contribution is 14.0. The third-order valence-electron chi connectivity index (χ3n) is 3.14. The molecule has 0 amide bonds. The van der Waals surface area contributed by atoms with Gasteiger partial charge in [-0.1, -0.05) is 23.4 Å². The number of benzene rings is 1. The van der Waals surface area contributed by atoms with Gasteiger partial charge in [0.15, 0.2) is 11.8 Å². The standard InChI is InChI=1S/C16H23N5O2.HI/c1-4-22-14-8-6-5-7-13(14)11-19-16(17-3)18-10-9-15-20-12(2)21-23-15;/h5-8H,4,9-11H2,1-3H3,(H2,17,18,19);1H. The van der Waals surface area contributed by atoms with E-state index in [4.69, 9.17) is 9.26 Å². The van der Waals surface area contributed by atoms with E-state index < -0.39 is 0 Å². The predicted octanol–water partition coefficient (Wildman–Crippen LogP) is 2.30. The molecule has 2 rings (SSSR count). The smallest absolute Gasteiger partial charge is 0.228 e. The maximum atomic E-state index is 5.62. The molecule has 0 fully saturated rings. The van der Waals surface area contributed by atoms with E-state index in [1.54, 1.807) is 14.0 Å². The Morgan fingerprint density at radius 2 is 2.08 bits per heavy atom. The zero-order chi connectivity index (χ0) is 16.5. The molecule has 0 atom stereocenters. The molecule has 2 aromatic rings. The zero-order valence-corrected chi connectivity index (χ0v) is 16.5. The molecular weight excluding hydrogens is 421 g/mol. The van der Waals surface area contributed by atoms with Gasteiger partial charge in [0.05, 0.1) is 6.61 Å². The Bertz CT molecular complexity index is 645. The van der Waals surface area contributed by atoms with Crippen molar-refractivity contribution in [1.29, 1.82) is 0 Å². The molecule has 1 aromatic carbocycles. The summed E-state index contributed by atoms with van der Waals surface area (Å²) in [6.07, 6.45) is 0.650. The first-order chi connectivity index (χ1) is 11.2. The van der Waals surface area contributed by atoms with Gasteiger partial charge in [0.2, 0.25) is 5.89 Å². The molecular formula is C16H24IN5O2. The normalized spacial score (nSPS) is 10.9. The van der Waals surface area contributed by atoms with Crippen molar-refractivity contribution in [3.05, 3.63) is 41.5 Å². The van der Waals surface area contributed by atoms with E-state index in [0.717, 1.165) is 11.3 Å². The Kier molecular flexibility index (Phi) is 9.13. The second-order valence-corrected chi connectivity index (χ2v) is 4.88. The van der Waals surface area contributed by atoms with E-state index >= 15 is 0 Å². The SMILES string of the molecule is CCOc1ccccc1CNC(=NC)NCCc1nc(C)no1.I. The van der Waals surface area contributed by atoms with Crippen LogP contribution in [-0.2, 0) is 13.0 Å². The lowest BCUT2D eigenvalue weighted by Crippen LogP contribution is -2.38. The van der Waals surface area contributed by atoms with Crippen LogP contribution in [0.5, 0.6) is 5.75 Å². The van der Waals surface area contributed by atoms with Crippen LogP contribution < -0.4 is 15.4 Å². The fraction of sp³-hybridized carbons (Fsp3) is 0.438. The van der Waals surface area contributed by atoms with Gasteiger partial charge >= 0.3 is 0 Å². The third-order valence-corrected chi connectivity index (χ3v) is 3.14. The summed E-state index contributed by atoms with van der Waals surface area (Å²) in [5.74, 6) is 2.87. The molecule has 0 saturated carbocycles. The highest BCUT2D eigenvalue weighted by atomic mass is 127. The number of aromatic nitrogens is 2.